The summed E-state index contributed by atoms with van der Waals surface area (Å²) < 4.78 is 2.42. The fourth-order valence-electron chi connectivity index (χ4n) is 1.05. The van der Waals surface area contributed by atoms with E-state index < -0.39 is 0 Å². The summed E-state index contributed by atoms with van der Waals surface area (Å²) in [6.07, 6.45) is 1.48. The minimum absolute atomic E-state index is 0.00796. The maximum absolute atomic E-state index is 11.2. The Labute approximate surface area is 72.5 Å². The van der Waals surface area contributed by atoms with Gasteiger partial charge in [-0.05, 0) is 6.92 Å². The molecule has 0 aliphatic rings. The highest BCUT2D eigenvalue weighted by Gasteiger charge is 2.06. The number of fused-ring (bicyclic) bond motifs is 1. The lowest BCUT2D eigenvalue weighted by atomic mass is 10.4. The van der Waals surface area contributed by atoms with E-state index in [4.69, 9.17) is 0 Å². The van der Waals surface area contributed by atoms with Crippen molar-refractivity contribution in [2.24, 2.45) is 7.05 Å². The van der Waals surface area contributed by atoms with Gasteiger partial charge in [0, 0.05) is 7.05 Å². The van der Waals surface area contributed by atoms with Crippen molar-refractivity contribution in [3.63, 3.8) is 0 Å². The van der Waals surface area contributed by atoms with Crippen molar-refractivity contribution in [2.75, 3.05) is 0 Å². The second kappa shape index (κ2) is 2.38. The summed E-state index contributed by atoms with van der Waals surface area (Å²) in [7, 11) is 1.72. The van der Waals surface area contributed by atoms with Crippen LogP contribution in [0, 0.1) is 6.92 Å². The Morgan fingerprint density at radius 3 is 2.92 bits per heavy atom. The van der Waals surface area contributed by atoms with Crippen molar-refractivity contribution in [1.82, 2.24) is 14.5 Å². The Balaban J connectivity index is 3.05. The first-order valence-corrected chi connectivity index (χ1v) is 4.29. The van der Waals surface area contributed by atoms with Gasteiger partial charge in [0.1, 0.15) is 6.33 Å². The van der Waals surface area contributed by atoms with E-state index in [1.54, 1.807) is 7.05 Å². The van der Waals surface area contributed by atoms with Gasteiger partial charge in [-0.2, -0.15) is 0 Å². The Morgan fingerprint density at radius 1 is 1.50 bits per heavy atom. The van der Waals surface area contributed by atoms with Gasteiger partial charge in [0.25, 0.3) is 0 Å². The van der Waals surface area contributed by atoms with E-state index in [0.717, 1.165) is 16.0 Å². The molecule has 2 heterocycles. The number of hydrogen-bond donors (Lipinski definition) is 0. The standard InChI is InChI=1S/C7H7N3OS/c1-4-5-6(9-3-8-4)10(2)7(11)12-5/h3H,1-2H3. The van der Waals surface area contributed by atoms with E-state index >= 15 is 0 Å². The quantitative estimate of drug-likeness (QED) is 0.601. The molecule has 0 fully saturated rings. The molecular weight excluding hydrogens is 174 g/mol. The van der Waals surface area contributed by atoms with Crippen LogP contribution < -0.4 is 4.87 Å². The lowest BCUT2D eigenvalue weighted by Gasteiger charge is -1.92. The first kappa shape index (κ1) is 7.42. The van der Waals surface area contributed by atoms with Crippen molar-refractivity contribution in [3.8, 4) is 0 Å². The number of nitrogens with zero attached hydrogens (tertiary/aromatic N) is 3. The van der Waals surface area contributed by atoms with E-state index in [2.05, 4.69) is 9.97 Å². The Kier molecular flexibility index (Phi) is 1.47. The molecule has 0 aromatic carbocycles. The van der Waals surface area contributed by atoms with Crippen LogP contribution in [0.3, 0.4) is 0 Å². The van der Waals surface area contributed by atoms with Crippen molar-refractivity contribution < 1.29 is 0 Å². The molecule has 62 valence electrons. The molecule has 5 heteroatoms. The zero-order chi connectivity index (χ0) is 8.72. The third-order valence-corrected chi connectivity index (χ3v) is 2.87. The van der Waals surface area contributed by atoms with Crippen LogP contribution in [0.5, 0.6) is 0 Å². The van der Waals surface area contributed by atoms with Crippen LogP contribution in [0.15, 0.2) is 11.1 Å². The van der Waals surface area contributed by atoms with Gasteiger partial charge in [0.15, 0.2) is 5.65 Å². The number of rotatable bonds is 0. The van der Waals surface area contributed by atoms with Gasteiger partial charge >= 0.3 is 4.87 Å². The largest absolute Gasteiger partial charge is 0.309 e. The number of aromatic nitrogens is 3. The fourth-order valence-corrected chi connectivity index (χ4v) is 1.93. The Hall–Kier alpha value is -1.23. The molecule has 0 unspecified atom stereocenters. The molecule has 0 atom stereocenters. The van der Waals surface area contributed by atoms with Gasteiger partial charge in [0.2, 0.25) is 0 Å². The van der Waals surface area contributed by atoms with Gasteiger partial charge in [-0.1, -0.05) is 11.3 Å². The van der Waals surface area contributed by atoms with Crippen molar-refractivity contribution >= 4 is 21.7 Å². The second-order valence-corrected chi connectivity index (χ2v) is 3.50. The maximum Gasteiger partial charge on any atom is 0.309 e. The van der Waals surface area contributed by atoms with Gasteiger partial charge in [-0.3, -0.25) is 9.36 Å². The summed E-state index contributed by atoms with van der Waals surface area (Å²) >= 11 is 1.19. The second-order valence-electron chi connectivity index (χ2n) is 2.54. The molecule has 4 nitrogen and oxygen atoms in total. The fraction of sp³-hybridized carbons (Fsp3) is 0.286. The summed E-state index contributed by atoms with van der Waals surface area (Å²) in [6, 6.07) is 0. The molecule has 0 amide bonds. The first-order chi connectivity index (χ1) is 5.70. The highest BCUT2D eigenvalue weighted by atomic mass is 32.1. The summed E-state index contributed by atoms with van der Waals surface area (Å²) in [5.41, 5.74) is 1.58. The van der Waals surface area contributed by atoms with E-state index in [-0.39, 0.29) is 4.87 Å². The molecule has 0 aliphatic carbocycles. The minimum Gasteiger partial charge on any atom is -0.286 e. The Morgan fingerprint density at radius 2 is 2.25 bits per heavy atom. The first-order valence-electron chi connectivity index (χ1n) is 3.47. The smallest absolute Gasteiger partial charge is 0.286 e. The van der Waals surface area contributed by atoms with E-state index in [1.807, 2.05) is 6.92 Å². The van der Waals surface area contributed by atoms with Crippen molar-refractivity contribution in [1.29, 1.82) is 0 Å². The third kappa shape index (κ3) is 0.863. The molecule has 0 saturated carbocycles. The lowest BCUT2D eigenvalue weighted by Crippen LogP contribution is -2.07. The molecule has 0 aliphatic heterocycles. The maximum atomic E-state index is 11.2. The molecule has 2 rings (SSSR count). The highest BCUT2D eigenvalue weighted by Crippen LogP contribution is 2.15. The monoisotopic (exact) mass is 181 g/mol. The molecule has 0 bridgehead atoms. The van der Waals surface area contributed by atoms with E-state index in [1.165, 1.54) is 22.2 Å². The average molecular weight is 181 g/mol. The van der Waals surface area contributed by atoms with Crippen LogP contribution in [0.2, 0.25) is 0 Å². The number of thiazole rings is 1. The van der Waals surface area contributed by atoms with E-state index in [9.17, 15) is 4.79 Å². The van der Waals surface area contributed by atoms with Crippen molar-refractivity contribution in [2.45, 2.75) is 6.92 Å². The van der Waals surface area contributed by atoms with Gasteiger partial charge in [-0.25, -0.2) is 9.97 Å². The van der Waals surface area contributed by atoms with Gasteiger partial charge in [-0.15, -0.1) is 0 Å². The third-order valence-electron chi connectivity index (χ3n) is 1.74. The van der Waals surface area contributed by atoms with E-state index in [0.29, 0.717) is 0 Å². The Bertz CT molecular complexity index is 485. The van der Waals surface area contributed by atoms with Crippen LogP contribution in [0.4, 0.5) is 0 Å². The van der Waals surface area contributed by atoms with Crippen LogP contribution in [-0.4, -0.2) is 14.5 Å². The van der Waals surface area contributed by atoms with Gasteiger partial charge in [0.05, 0.1) is 10.4 Å². The average Bonchev–Trinajstić information content (AvgIpc) is 2.32. The minimum atomic E-state index is 0.00796. The summed E-state index contributed by atoms with van der Waals surface area (Å²) in [6.45, 7) is 1.87. The lowest BCUT2D eigenvalue weighted by molar-refractivity contribution is 0.913. The number of hydrogen-bond acceptors (Lipinski definition) is 4. The summed E-state index contributed by atoms with van der Waals surface area (Å²) in [4.78, 5) is 19.2. The molecule has 12 heavy (non-hydrogen) atoms. The molecule has 0 N–H and O–H groups in total. The molecule has 2 aromatic rings. The molecule has 0 spiro atoms. The normalized spacial score (nSPS) is 10.8. The number of aryl methyl sites for hydroxylation is 2. The zero-order valence-corrected chi connectivity index (χ0v) is 7.55. The summed E-state index contributed by atoms with van der Waals surface area (Å²) in [5, 5.41) is 0. The van der Waals surface area contributed by atoms with Gasteiger partial charge < -0.3 is 0 Å². The summed E-state index contributed by atoms with van der Waals surface area (Å²) in [5.74, 6) is 0. The molecule has 0 saturated heterocycles. The predicted octanol–water partition coefficient (Wildman–Crippen LogP) is 0.698. The van der Waals surface area contributed by atoms with Crippen molar-refractivity contribution in [3.05, 3.63) is 21.7 Å². The zero-order valence-electron chi connectivity index (χ0n) is 6.74. The SMILES string of the molecule is Cc1ncnc2c1sc(=O)n2C. The topological polar surface area (TPSA) is 47.8 Å². The molecule has 2 aromatic heterocycles. The predicted molar refractivity (Wildman–Crippen MR) is 47.4 cm³/mol. The molecule has 0 radical (unpaired) electrons. The van der Waals surface area contributed by atoms with Crippen LogP contribution in [0.25, 0.3) is 10.3 Å². The van der Waals surface area contributed by atoms with Crippen LogP contribution in [0.1, 0.15) is 5.69 Å². The highest BCUT2D eigenvalue weighted by molar-refractivity contribution is 7.16. The molecular formula is C7H7N3OS. The van der Waals surface area contributed by atoms with Crippen LogP contribution >= 0.6 is 11.3 Å². The van der Waals surface area contributed by atoms with Crippen LogP contribution in [-0.2, 0) is 7.05 Å².